The number of hydrogen-bond acceptors (Lipinski definition) is 3. The van der Waals surface area contributed by atoms with Crippen molar-refractivity contribution >= 4 is 34.2 Å². The Labute approximate surface area is 151 Å². The monoisotopic (exact) mass is 348 g/mol. The third-order valence-electron chi connectivity index (χ3n) is 4.47. The van der Waals surface area contributed by atoms with Crippen LogP contribution in [-0.4, -0.2) is 21.4 Å². The molecule has 6 nitrogen and oxygen atoms in total. The van der Waals surface area contributed by atoms with Gasteiger partial charge in [0.1, 0.15) is 0 Å². The zero-order chi connectivity index (χ0) is 17.9. The molecule has 0 aliphatic heterocycles. The number of amides is 2. The highest BCUT2D eigenvalue weighted by atomic mass is 16.2. The average Bonchev–Trinajstić information content (AvgIpc) is 3.41. The summed E-state index contributed by atoms with van der Waals surface area (Å²) in [6.07, 6.45) is 4.03. The zero-order valence-corrected chi connectivity index (χ0v) is 14.3. The van der Waals surface area contributed by atoms with Crippen LogP contribution in [0.15, 0.2) is 54.9 Å². The van der Waals surface area contributed by atoms with E-state index in [2.05, 4.69) is 15.6 Å². The summed E-state index contributed by atoms with van der Waals surface area (Å²) in [7, 11) is 0. The van der Waals surface area contributed by atoms with Crippen molar-refractivity contribution in [2.45, 2.75) is 25.8 Å². The fraction of sp³-hybridized carbons (Fsp3) is 0.250. The van der Waals surface area contributed by atoms with E-state index in [4.69, 9.17) is 0 Å². The van der Waals surface area contributed by atoms with E-state index in [1.807, 2.05) is 47.0 Å². The predicted octanol–water partition coefficient (Wildman–Crippen LogP) is 3.41. The molecule has 3 aromatic rings. The summed E-state index contributed by atoms with van der Waals surface area (Å²) in [5, 5.41) is 5.78. The fourth-order valence-corrected chi connectivity index (χ4v) is 2.90. The van der Waals surface area contributed by atoms with Gasteiger partial charge in [0.15, 0.2) is 0 Å². The number of nitrogens with one attached hydrogen (secondary N) is 2. The van der Waals surface area contributed by atoms with Gasteiger partial charge in [-0.1, -0.05) is 18.2 Å². The van der Waals surface area contributed by atoms with E-state index in [0.29, 0.717) is 24.3 Å². The van der Waals surface area contributed by atoms with Gasteiger partial charge in [0, 0.05) is 30.3 Å². The third kappa shape index (κ3) is 3.74. The molecule has 2 amide bonds. The molecule has 1 fully saturated rings. The summed E-state index contributed by atoms with van der Waals surface area (Å²) >= 11 is 0. The van der Waals surface area contributed by atoms with Gasteiger partial charge in [0.25, 0.3) is 0 Å². The minimum absolute atomic E-state index is 0.0560. The molecule has 1 aromatic heterocycles. The van der Waals surface area contributed by atoms with Gasteiger partial charge in [0.05, 0.1) is 17.4 Å². The molecule has 0 radical (unpaired) electrons. The third-order valence-corrected chi connectivity index (χ3v) is 4.47. The molecule has 1 aliphatic carbocycles. The summed E-state index contributed by atoms with van der Waals surface area (Å²) in [6, 6.07) is 15.1. The highest BCUT2D eigenvalue weighted by Crippen LogP contribution is 2.30. The first-order valence-electron chi connectivity index (χ1n) is 8.80. The maximum absolute atomic E-state index is 12.3. The number of aromatic nitrogens is 2. The largest absolute Gasteiger partial charge is 0.330 e. The molecular formula is C20H20N4O2. The van der Waals surface area contributed by atoms with E-state index in [0.717, 1.165) is 23.9 Å². The lowest BCUT2D eigenvalue weighted by Gasteiger charge is -2.09. The summed E-state index contributed by atoms with van der Waals surface area (Å²) in [5.74, 6) is 0.132. The van der Waals surface area contributed by atoms with E-state index in [1.165, 1.54) is 0 Å². The number of nitrogens with zero attached hydrogens (tertiary/aromatic N) is 2. The Morgan fingerprint density at radius 2 is 1.81 bits per heavy atom. The van der Waals surface area contributed by atoms with Crippen molar-refractivity contribution in [1.29, 1.82) is 0 Å². The molecule has 0 atom stereocenters. The Morgan fingerprint density at radius 1 is 1.04 bits per heavy atom. The second-order valence-electron chi connectivity index (χ2n) is 6.57. The number of anilines is 2. The van der Waals surface area contributed by atoms with Crippen molar-refractivity contribution in [3.63, 3.8) is 0 Å². The number of imidazole rings is 1. The smallest absolute Gasteiger partial charge is 0.227 e. The first-order chi connectivity index (χ1) is 12.7. The number of hydrogen-bond donors (Lipinski definition) is 2. The van der Waals surface area contributed by atoms with Crippen molar-refractivity contribution in [3.8, 4) is 0 Å². The van der Waals surface area contributed by atoms with Crippen LogP contribution in [0, 0.1) is 5.92 Å². The highest BCUT2D eigenvalue weighted by Gasteiger charge is 2.29. The molecule has 4 rings (SSSR count). The van der Waals surface area contributed by atoms with Crippen LogP contribution in [0.3, 0.4) is 0 Å². The molecule has 132 valence electrons. The first-order valence-corrected chi connectivity index (χ1v) is 8.80. The first kappa shape index (κ1) is 16.3. The van der Waals surface area contributed by atoms with Gasteiger partial charge in [-0.2, -0.15) is 0 Å². The van der Waals surface area contributed by atoms with Crippen LogP contribution in [0.4, 0.5) is 11.4 Å². The highest BCUT2D eigenvalue weighted by molar-refractivity contribution is 5.96. The van der Waals surface area contributed by atoms with Crippen LogP contribution in [0.1, 0.15) is 19.3 Å². The van der Waals surface area contributed by atoms with Crippen molar-refractivity contribution < 1.29 is 9.59 Å². The second kappa shape index (κ2) is 7.00. The molecule has 2 N–H and O–H groups in total. The lowest BCUT2D eigenvalue weighted by Crippen LogP contribution is -2.15. The Kier molecular flexibility index (Phi) is 4.39. The van der Waals surface area contributed by atoms with Crippen molar-refractivity contribution in [2.75, 3.05) is 10.6 Å². The number of fused-ring (bicyclic) bond motifs is 1. The van der Waals surface area contributed by atoms with Crippen LogP contribution in [-0.2, 0) is 16.1 Å². The minimum atomic E-state index is -0.0755. The molecular weight excluding hydrogens is 328 g/mol. The summed E-state index contributed by atoms with van der Waals surface area (Å²) in [5.41, 5.74) is 3.33. The molecule has 0 bridgehead atoms. The maximum atomic E-state index is 12.3. The number of aryl methyl sites for hydroxylation is 1. The summed E-state index contributed by atoms with van der Waals surface area (Å²) in [6.45, 7) is 0.560. The van der Waals surface area contributed by atoms with Crippen LogP contribution in [0.2, 0.25) is 0 Å². The van der Waals surface area contributed by atoms with Crippen molar-refractivity contribution in [3.05, 3.63) is 54.9 Å². The molecule has 0 saturated heterocycles. The van der Waals surface area contributed by atoms with E-state index in [1.54, 1.807) is 12.4 Å². The van der Waals surface area contributed by atoms with Crippen molar-refractivity contribution in [2.24, 2.45) is 5.92 Å². The van der Waals surface area contributed by atoms with E-state index >= 15 is 0 Å². The number of para-hydroxylation sites is 2. The van der Waals surface area contributed by atoms with Crippen molar-refractivity contribution in [1.82, 2.24) is 9.55 Å². The maximum Gasteiger partial charge on any atom is 0.227 e. The summed E-state index contributed by atoms with van der Waals surface area (Å²) in [4.78, 5) is 28.4. The van der Waals surface area contributed by atoms with Gasteiger partial charge >= 0.3 is 0 Å². The van der Waals surface area contributed by atoms with Crippen LogP contribution >= 0.6 is 0 Å². The zero-order valence-electron chi connectivity index (χ0n) is 14.3. The van der Waals surface area contributed by atoms with Gasteiger partial charge in [0.2, 0.25) is 11.8 Å². The van der Waals surface area contributed by atoms with E-state index in [9.17, 15) is 9.59 Å². The molecule has 0 unspecified atom stereocenters. The Morgan fingerprint density at radius 3 is 2.62 bits per heavy atom. The van der Waals surface area contributed by atoms with Crippen LogP contribution in [0.25, 0.3) is 11.0 Å². The van der Waals surface area contributed by atoms with E-state index in [-0.39, 0.29) is 17.7 Å². The normalized spacial score (nSPS) is 13.5. The molecule has 1 saturated carbocycles. The standard InChI is InChI=1S/C20H20N4O2/c25-19(10-11-24-13-21-17-6-1-2-7-18(17)24)22-15-4-3-5-16(12-15)23-20(26)14-8-9-14/h1-7,12-14H,8-11H2,(H,22,25)(H,23,26). The average molecular weight is 348 g/mol. The number of carbonyl (C=O) groups is 2. The van der Waals surface area contributed by atoms with Gasteiger partial charge in [-0.3, -0.25) is 9.59 Å². The molecule has 1 aliphatic rings. The number of carbonyl (C=O) groups excluding carboxylic acids is 2. The molecule has 2 aromatic carbocycles. The Hall–Kier alpha value is -3.15. The predicted molar refractivity (Wildman–Crippen MR) is 101 cm³/mol. The second-order valence-corrected chi connectivity index (χ2v) is 6.57. The van der Waals surface area contributed by atoms with E-state index < -0.39 is 0 Å². The number of benzene rings is 2. The Bertz CT molecular complexity index is 959. The molecule has 1 heterocycles. The lowest BCUT2D eigenvalue weighted by molar-refractivity contribution is -0.117. The Balaban J connectivity index is 1.35. The SMILES string of the molecule is O=C(CCn1cnc2ccccc21)Nc1cccc(NC(=O)C2CC2)c1. The van der Waals surface area contributed by atoms with Gasteiger partial charge < -0.3 is 15.2 Å². The van der Waals surface area contributed by atoms with Gasteiger partial charge in [-0.15, -0.1) is 0 Å². The quantitative estimate of drug-likeness (QED) is 0.717. The lowest BCUT2D eigenvalue weighted by atomic mass is 10.2. The topological polar surface area (TPSA) is 76.0 Å². The molecule has 6 heteroatoms. The van der Waals surface area contributed by atoms with Crippen LogP contribution in [0.5, 0.6) is 0 Å². The minimum Gasteiger partial charge on any atom is -0.330 e. The van der Waals surface area contributed by atoms with Gasteiger partial charge in [-0.05, 0) is 43.2 Å². The van der Waals surface area contributed by atoms with Crippen LogP contribution < -0.4 is 10.6 Å². The molecule has 26 heavy (non-hydrogen) atoms. The fourth-order valence-electron chi connectivity index (χ4n) is 2.90. The summed E-state index contributed by atoms with van der Waals surface area (Å²) < 4.78 is 1.97. The molecule has 0 spiro atoms. The van der Waals surface area contributed by atoms with Gasteiger partial charge in [-0.25, -0.2) is 4.98 Å². The number of rotatable bonds is 6.